The van der Waals surface area contributed by atoms with Crippen LogP contribution in [0.5, 0.6) is 0 Å². The van der Waals surface area contributed by atoms with Crippen molar-refractivity contribution in [3.05, 3.63) is 18.0 Å². The number of nitrogens with zero attached hydrogens (tertiary/aromatic N) is 2. The number of hydrogen-bond donors (Lipinski definition) is 1. The van der Waals surface area contributed by atoms with Gasteiger partial charge in [-0.3, -0.25) is 4.68 Å². The summed E-state index contributed by atoms with van der Waals surface area (Å²) < 4.78 is 2.03. The van der Waals surface area contributed by atoms with Crippen molar-refractivity contribution in [1.82, 2.24) is 15.1 Å². The zero-order valence-corrected chi connectivity index (χ0v) is 10.3. The summed E-state index contributed by atoms with van der Waals surface area (Å²) in [4.78, 5) is 0. The van der Waals surface area contributed by atoms with Crippen molar-refractivity contribution in [1.29, 1.82) is 0 Å². The zero-order chi connectivity index (χ0) is 11.2. The first-order valence-electron chi connectivity index (χ1n) is 6.57. The fourth-order valence-electron chi connectivity index (χ4n) is 2.46. The molecule has 0 unspecified atom stereocenters. The standard InChI is InChI=1S/C13H23N3/c1-12-10-15-16(11-12)9-8-14-13-6-4-2-3-5-7-13/h10-11,13-14H,2-9H2,1H3. The molecule has 0 atom stereocenters. The Morgan fingerprint density at radius 2 is 2.06 bits per heavy atom. The number of nitrogens with one attached hydrogen (secondary N) is 1. The lowest BCUT2D eigenvalue weighted by Crippen LogP contribution is -2.31. The summed E-state index contributed by atoms with van der Waals surface area (Å²) in [5, 5.41) is 7.95. The van der Waals surface area contributed by atoms with Gasteiger partial charge in [0, 0.05) is 18.8 Å². The van der Waals surface area contributed by atoms with E-state index in [4.69, 9.17) is 0 Å². The molecule has 1 aromatic heterocycles. The average molecular weight is 221 g/mol. The Bertz CT molecular complexity index is 298. The molecule has 0 spiro atoms. The highest BCUT2D eigenvalue weighted by molar-refractivity contribution is 4.99. The van der Waals surface area contributed by atoms with E-state index in [1.54, 1.807) is 0 Å². The molecule has 1 saturated carbocycles. The van der Waals surface area contributed by atoms with Gasteiger partial charge < -0.3 is 5.32 Å². The Kier molecular flexibility index (Phi) is 4.40. The second-order valence-electron chi connectivity index (χ2n) is 4.92. The molecule has 1 aromatic rings. The molecule has 0 saturated heterocycles. The number of aryl methyl sites for hydroxylation is 1. The summed E-state index contributed by atoms with van der Waals surface area (Å²) in [6, 6.07) is 0.749. The van der Waals surface area contributed by atoms with E-state index >= 15 is 0 Å². The third kappa shape index (κ3) is 3.63. The molecule has 3 nitrogen and oxygen atoms in total. The molecule has 0 aliphatic heterocycles. The molecule has 1 heterocycles. The van der Waals surface area contributed by atoms with Crippen molar-refractivity contribution in [2.45, 2.75) is 58.0 Å². The van der Waals surface area contributed by atoms with E-state index < -0.39 is 0 Å². The molecule has 90 valence electrons. The zero-order valence-electron chi connectivity index (χ0n) is 10.3. The van der Waals surface area contributed by atoms with Crippen LogP contribution >= 0.6 is 0 Å². The minimum absolute atomic E-state index is 0.749. The van der Waals surface area contributed by atoms with Crippen LogP contribution in [0, 0.1) is 6.92 Å². The molecule has 0 amide bonds. The molecular formula is C13H23N3. The third-order valence-electron chi connectivity index (χ3n) is 3.39. The fraction of sp³-hybridized carbons (Fsp3) is 0.769. The molecule has 1 aliphatic rings. The predicted molar refractivity (Wildman–Crippen MR) is 66.5 cm³/mol. The molecule has 1 N–H and O–H groups in total. The Morgan fingerprint density at radius 1 is 1.31 bits per heavy atom. The number of aromatic nitrogens is 2. The largest absolute Gasteiger partial charge is 0.312 e. The summed E-state index contributed by atoms with van der Waals surface area (Å²) in [6.45, 7) is 4.12. The van der Waals surface area contributed by atoms with E-state index in [0.717, 1.165) is 19.1 Å². The van der Waals surface area contributed by atoms with Gasteiger partial charge in [-0.1, -0.05) is 25.7 Å². The first kappa shape index (κ1) is 11.6. The van der Waals surface area contributed by atoms with Gasteiger partial charge in [0.1, 0.15) is 0 Å². The van der Waals surface area contributed by atoms with Crippen LogP contribution in [0.3, 0.4) is 0 Å². The Hall–Kier alpha value is -0.830. The Labute approximate surface area is 98.2 Å². The topological polar surface area (TPSA) is 29.9 Å². The van der Waals surface area contributed by atoms with Crippen LogP contribution in [0.1, 0.15) is 44.1 Å². The molecule has 0 radical (unpaired) electrons. The second kappa shape index (κ2) is 6.04. The van der Waals surface area contributed by atoms with Gasteiger partial charge in [0.25, 0.3) is 0 Å². The van der Waals surface area contributed by atoms with Crippen molar-refractivity contribution < 1.29 is 0 Å². The van der Waals surface area contributed by atoms with E-state index in [1.165, 1.54) is 44.1 Å². The van der Waals surface area contributed by atoms with Crippen LogP contribution < -0.4 is 5.32 Å². The van der Waals surface area contributed by atoms with Crippen molar-refractivity contribution in [3.63, 3.8) is 0 Å². The van der Waals surface area contributed by atoms with E-state index in [2.05, 4.69) is 23.5 Å². The van der Waals surface area contributed by atoms with E-state index in [0.29, 0.717) is 0 Å². The Balaban J connectivity index is 1.67. The lowest BCUT2D eigenvalue weighted by Gasteiger charge is -2.15. The minimum atomic E-state index is 0.749. The van der Waals surface area contributed by atoms with Crippen molar-refractivity contribution in [2.24, 2.45) is 0 Å². The average Bonchev–Trinajstić information content (AvgIpc) is 2.54. The quantitative estimate of drug-likeness (QED) is 0.792. The fourth-order valence-corrected chi connectivity index (χ4v) is 2.46. The summed E-state index contributed by atoms with van der Waals surface area (Å²) in [5.74, 6) is 0. The van der Waals surface area contributed by atoms with Crippen LogP contribution in [0.25, 0.3) is 0 Å². The summed E-state index contributed by atoms with van der Waals surface area (Å²) >= 11 is 0. The minimum Gasteiger partial charge on any atom is -0.312 e. The van der Waals surface area contributed by atoms with Gasteiger partial charge in [-0.15, -0.1) is 0 Å². The van der Waals surface area contributed by atoms with Crippen molar-refractivity contribution >= 4 is 0 Å². The molecule has 3 heteroatoms. The lowest BCUT2D eigenvalue weighted by molar-refractivity contribution is 0.436. The SMILES string of the molecule is Cc1cnn(CCNC2CCCCCC2)c1. The van der Waals surface area contributed by atoms with Crippen LogP contribution in [0.4, 0.5) is 0 Å². The lowest BCUT2D eigenvalue weighted by atomic mass is 10.1. The van der Waals surface area contributed by atoms with Gasteiger partial charge in [-0.25, -0.2) is 0 Å². The maximum Gasteiger partial charge on any atom is 0.0534 e. The molecular weight excluding hydrogens is 198 g/mol. The Morgan fingerprint density at radius 3 is 2.69 bits per heavy atom. The van der Waals surface area contributed by atoms with Gasteiger partial charge in [-0.05, 0) is 25.3 Å². The normalized spacial score (nSPS) is 18.6. The summed E-state index contributed by atoms with van der Waals surface area (Å²) in [6.07, 6.45) is 12.4. The van der Waals surface area contributed by atoms with Crippen LogP contribution in [0.2, 0.25) is 0 Å². The first-order chi connectivity index (χ1) is 7.84. The van der Waals surface area contributed by atoms with Gasteiger partial charge in [0.05, 0.1) is 12.7 Å². The highest BCUT2D eigenvalue weighted by Crippen LogP contribution is 2.16. The van der Waals surface area contributed by atoms with Crippen LogP contribution in [0.15, 0.2) is 12.4 Å². The third-order valence-corrected chi connectivity index (χ3v) is 3.39. The predicted octanol–water partition coefficient (Wildman–Crippen LogP) is 2.50. The maximum atomic E-state index is 4.29. The highest BCUT2D eigenvalue weighted by Gasteiger charge is 2.10. The van der Waals surface area contributed by atoms with Crippen molar-refractivity contribution in [2.75, 3.05) is 6.54 Å². The van der Waals surface area contributed by atoms with E-state index in [1.807, 2.05) is 10.9 Å². The molecule has 2 rings (SSSR count). The van der Waals surface area contributed by atoms with Crippen molar-refractivity contribution in [3.8, 4) is 0 Å². The number of rotatable bonds is 4. The van der Waals surface area contributed by atoms with Gasteiger partial charge in [0.2, 0.25) is 0 Å². The molecule has 0 aromatic carbocycles. The molecule has 1 fully saturated rings. The van der Waals surface area contributed by atoms with Gasteiger partial charge in [0.15, 0.2) is 0 Å². The first-order valence-corrected chi connectivity index (χ1v) is 6.57. The van der Waals surface area contributed by atoms with Crippen LogP contribution in [-0.2, 0) is 6.54 Å². The smallest absolute Gasteiger partial charge is 0.0534 e. The molecule has 16 heavy (non-hydrogen) atoms. The number of hydrogen-bond acceptors (Lipinski definition) is 2. The maximum absolute atomic E-state index is 4.29. The van der Waals surface area contributed by atoms with Gasteiger partial charge in [-0.2, -0.15) is 5.10 Å². The summed E-state index contributed by atoms with van der Waals surface area (Å²) in [7, 11) is 0. The molecule has 0 bridgehead atoms. The monoisotopic (exact) mass is 221 g/mol. The van der Waals surface area contributed by atoms with E-state index in [-0.39, 0.29) is 0 Å². The highest BCUT2D eigenvalue weighted by atomic mass is 15.3. The van der Waals surface area contributed by atoms with Crippen LogP contribution in [-0.4, -0.2) is 22.4 Å². The van der Waals surface area contributed by atoms with E-state index in [9.17, 15) is 0 Å². The second-order valence-corrected chi connectivity index (χ2v) is 4.92. The van der Waals surface area contributed by atoms with Gasteiger partial charge >= 0.3 is 0 Å². The summed E-state index contributed by atoms with van der Waals surface area (Å²) in [5.41, 5.74) is 1.24. The molecule has 1 aliphatic carbocycles.